The number of aryl methyl sites for hydroxylation is 1. The molecule has 0 aliphatic carbocycles. The highest BCUT2D eigenvalue weighted by atomic mass is 16.3. The van der Waals surface area contributed by atoms with Crippen molar-refractivity contribution in [1.82, 2.24) is 5.32 Å². The smallest absolute Gasteiger partial charge is 0.123 e. The first-order chi connectivity index (χ1) is 9.72. The molecule has 2 aromatic rings. The zero-order valence-electron chi connectivity index (χ0n) is 12.6. The summed E-state index contributed by atoms with van der Waals surface area (Å²) >= 11 is 0. The largest absolute Gasteiger partial charge is 0.463 e. The van der Waals surface area contributed by atoms with Crippen LogP contribution in [0.15, 0.2) is 40.8 Å². The average molecular weight is 272 g/mol. The van der Waals surface area contributed by atoms with Gasteiger partial charge in [-0.25, -0.2) is 0 Å². The minimum Gasteiger partial charge on any atom is -0.463 e. The maximum absolute atomic E-state index is 5.86. The van der Waals surface area contributed by atoms with Gasteiger partial charge in [0.25, 0.3) is 0 Å². The summed E-state index contributed by atoms with van der Waals surface area (Å²) in [5.41, 5.74) is 2.53. The van der Waals surface area contributed by atoms with E-state index < -0.39 is 0 Å². The van der Waals surface area contributed by atoms with E-state index in [-0.39, 0.29) is 0 Å². The molecule has 0 atom stereocenters. The molecule has 0 saturated carbocycles. The second kappa shape index (κ2) is 7.15. The lowest BCUT2D eigenvalue weighted by atomic mass is 10.2. The summed E-state index contributed by atoms with van der Waals surface area (Å²) < 4.78 is 5.86. The van der Waals surface area contributed by atoms with Crippen molar-refractivity contribution >= 4 is 5.69 Å². The summed E-state index contributed by atoms with van der Waals surface area (Å²) in [6.45, 7) is 9.91. The summed E-state index contributed by atoms with van der Waals surface area (Å²) in [5.74, 6) is 2.02. The molecule has 1 aromatic heterocycles. The molecular formula is C17H24N2O. The molecule has 2 rings (SSSR count). The Morgan fingerprint density at radius 3 is 2.35 bits per heavy atom. The Bertz CT molecular complexity index is 516. The predicted octanol–water partition coefficient (Wildman–Crippen LogP) is 3.72. The third kappa shape index (κ3) is 3.87. The first kappa shape index (κ1) is 14.7. The topological polar surface area (TPSA) is 28.4 Å². The fraction of sp³-hybridized carbons (Fsp3) is 0.412. The van der Waals surface area contributed by atoms with Crippen molar-refractivity contribution in [3.8, 4) is 0 Å². The van der Waals surface area contributed by atoms with Gasteiger partial charge in [-0.3, -0.25) is 0 Å². The Morgan fingerprint density at radius 2 is 1.70 bits per heavy atom. The van der Waals surface area contributed by atoms with Crippen LogP contribution in [0.2, 0.25) is 0 Å². The highest BCUT2D eigenvalue weighted by Gasteiger charge is 2.08. The number of benzene rings is 1. The summed E-state index contributed by atoms with van der Waals surface area (Å²) in [4.78, 5) is 2.31. The predicted molar refractivity (Wildman–Crippen MR) is 84.0 cm³/mol. The molecule has 1 heterocycles. The van der Waals surface area contributed by atoms with E-state index in [1.165, 1.54) is 11.3 Å². The van der Waals surface area contributed by atoms with E-state index in [0.29, 0.717) is 0 Å². The van der Waals surface area contributed by atoms with Crippen LogP contribution in [0.3, 0.4) is 0 Å². The van der Waals surface area contributed by atoms with Gasteiger partial charge in [-0.2, -0.15) is 0 Å². The third-order valence-corrected chi connectivity index (χ3v) is 3.39. The molecule has 0 saturated heterocycles. The lowest BCUT2D eigenvalue weighted by Crippen LogP contribution is -2.21. The second-order valence-electron chi connectivity index (χ2n) is 5.00. The number of nitrogens with one attached hydrogen (secondary N) is 1. The maximum Gasteiger partial charge on any atom is 0.123 e. The minimum absolute atomic E-state index is 0.799. The molecule has 0 amide bonds. The fourth-order valence-corrected chi connectivity index (χ4v) is 2.18. The van der Waals surface area contributed by atoms with Crippen molar-refractivity contribution in [2.24, 2.45) is 0 Å². The molecule has 0 unspecified atom stereocenters. The van der Waals surface area contributed by atoms with Gasteiger partial charge in [0, 0.05) is 12.2 Å². The average Bonchev–Trinajstić information content (AvgIpc) is 2.91. The zero-order chi connectivity index (χ0) is 14.4. The van der Waals surface area contributed by atoms with Gasteiger partial charge in [0.05, 0.1) is 13.1 Å². The van der Waals surface area contributed by atoms with Gasteiger partial charge in [0.15, 0.2) is 0 Å². The van der Waals surface area contributed by atoms with Crippen molar-refractivity contribution in [3.63, 3.8) is 0 Å². The van der Waals surface area contributed by atoms with Crippen molar-refractivity contribution in [1.29, 1.82) is 0 Å². The number of furan rings is 1. The van der Waals surface area contributed by atoms with Crippen LogP contribution in [-0.4, -0.2) is 13.1 Å². The number of hydrogen-bond donors (Lipinski definition) is 1. The van der Waals surface area contributed by atoms with Gasteiger partial charge in [0.2, 0.25) is 0 Å². The van der Waals surface area contributed by atoms with Crippen molar-refractivity contribution < 1.29 is 4.42 Å². The van der Waals surface area contributed by atoms with Gasteiger partial charge in [-0.1, -0.05) is 24.6 Å². The van der Waals surface area contributed by atoms with Gasteiger partial charge in [-0.05, 0) is 44.7 Å². The standard InChI is InChI=1S/C17H24N2O/c1-4-18-12-16-10-11-17(20-16)13-19(5-2)15-8-6-14(3)7-9-15/h6-11,18H,4-5,12-13H2,1-3H3. The summed E-state index contributed by atoms with van der Waals surface area (Å²) in [7, 11) is 0. The van der Waals surface area contributed by atoms with Gasteiger partial charge >= 0.3 is 0 Å². The van der Waals surface area contributed by atoms with Crippen LogP contribution in [0.5, 0.6) is 0 Å². The third-order valence-electron chi connectivity index (χ3n) is 3.39. The SMILES string of the molecule is CCNCc1ccc(CN(CC)c2ccc(C)cc2)o1. The van der Waals surface area contributed by atoms with Gasteiger partial charge in [-0.15, -0.1) is 0 Å². The van der Waals surface area contributed by atoms with E-state index in [2.05, 4.69) is 67.4 Å². The molecular weight excluding hydrogens is 248 g/mol. The Labute approximate surface area is 121 Å². The van der Waals surface area contributed by atoms with E-state index >= 15 is 0 Å². The van der Waals surface area contributed by atoms with Gasteiger partial charge in [0.1, 0.15) is 11.5 Å². The fourth-order valence-electron chi connectivity index (χ4n) is 2.18. The normalized spacial score (nSPS) is 10.8. The summed E-state index contributed by atoms with van der Waals surface area (Å²) in [6, 6.07) is 12.8. The Morgan fingerprint density at radius 1 is 1.00 bits per heavy atom. The number of anilines is 1. The van der Waals surface area contributed by atoms with E-state index in [9.17, 15) is 0 Å². The molecule has 3 nitrogen and oxygen atoms in total. The molecule has 0 spiro atoms. The van der Waals surface area contributed by atoms with Crippen LogP contribution in [0.4, 0.5) is 5.69 Å². The van der Waals surface area contributed by atoms with Crippen LogP contribution in [0, 0.1) is 6.92 Å². The molecule has 1 N–H and O–H groups in total. The first-order valence-electron chi connectivity index (χ1n) is 7.32. The minimum atomic E-state index is 0.799. The number of rotatable bonds is 7. The van der Waals surface area contributed by atoms with E-state index in [0.717, 1.165) is 37.7 Å². The van der Waals surface area contributed by atoms with Crippen LogP contribution in [-0.2, 0) is 13.1 Å². The van der Waals surface area contributed by atoms with Crippen LogP contribution in [0.1, 0.15) is 30.9 Å². The lowest BCUT2D eigenvalue weighted by Gasteiger charge is -2.22. The molecule has 0 fully saturated rings. The maximum atomic E-state index is 5.86. The monoisotopic (exact) mass is 272 g/mol. The van der Waals surface area contributed by atoms with E-state index in [1.807, 2.05) is 0 Å². The molecule has 108 valence electrons. The van der Waals surface area contributed by atoms with Gasteiger partial charge < -0.3 is 14.6 Å². The molecule has 0 aliphatic heterocycles. The Balaban J connectivity index is 2.02. The van der Waals surface area contributed by atoms with Crippen LogP contribution < -0.4 is 10.2 Å². The van der Waals surface area contributed by atoms with E-state index in [1.54, 1.807) is 0 Å². The molecule has 20 heavy (non-hydrogen) atoms. The van der Waals surface area contributed by atoms with Crippen molar-refractivity contribution in [2.45, 2.75) is 33.9 Å². The van der Waals surface area contributed by atoms with Crippen LogP contribution >= 0.6 is 0 Å². The summed E-state index contributed by atoms with van der Waals surface area (Å²) in [5, 5.41) is 3.28. The Kier molecular flexibility index (Phi) is 5.24. The lowest BCUT2D eigenvalue weighted by molar-refractivity contribution is 0.446. The van der Waals surface area contributed by atoms with Crippen molar-refractivity contribution in [2.75, 3.05) is 18.0 Å². The van der Waals surface area contributed by atoms with E-state index in [4.69, 9.17) is 4.42 Å². The highest BCUT2D eigenvalue weighted by Crippen LogP contribution is 2.19. The first-order valence-corrected chi connectivity index (χ1v) is 7.32. The number of hydrogen-bond acceptors (Lipinski definition) is 3. The molecule has 1 aromatic carbocycles. The summed E-state index contributed by atoms with van der Waals surface area (Å²) in [6.07, 6.45) is 0. The molecule has 3 heteroatoms. The van der Waals surface area contributed by atoms with Crippen LogP contribution in [0.25, 0.3) is 0 Å². The zero-order valence-corrected chi connectivity index (χ0v) is 12.6. The quantitative estimate of drug-likeness (QED) is 0.832. The second-order valence-corrected chi connectivity index (χ2v) is 5.00. The molecule has 0 radical (unpaired) electrons. The highest BCUT2D eigenvalue weighted by molar-refractivity contribution is 5.47. The van der Waals surface area contributed by atoms with Crippen molar-refractivity contribution in [3.05, 3.63) is 53.5 Å². The molecule has 0 aliphatic rings. The number of nitrogens with zero attached hydrogens (tertiary/aromatic N) is 1. The Hall–Kier alpha value is -1.74. The molecule has 0 bridgehead atoms.